The summed E-state index contributed by atoms with van der Waals surface area (Å²) < 4.78 is 6.02. The Hall–Kier alpha value is -1.14. The normalized spacial score (nSPS) is 11.6. The van der Waals surface area contributed by atoms with Crippen molar-refractivity contribution in [2.75, 3.05) is 39.8 Å². The standard InChI is InChI=1S/C44H88N2O4/c1-5-8-11-14-19-26-33-42(34-27-20-15-12-9-6-2)50-44(49)36-29-22-18-25-32-39-46(40-41-47)38-31-24-17-21-28-35-43(48)45(4)37-30-23-16-13-10-7-3/h42,47H,5-41H2,1-4H3. The van der Waals surface area contributed by atoms with Crippen LogP contribution in [0.1, 0.15) is 226 Å². The Balaban J connectivity index is 4.01. The van der Waals surface area contributed by atoms with E-state index in [0.29, 0.717) is 18.7 Å². The Bertz CT molecular complexity index is 702. The second kappa shape index (κ2) is 39.1. The fourth-order valence-electron chi connectivity index (χ4n) is 7.01. The van der Waals surface area contributed by atoms with E-state index in [1.54, 1.807) is 0 Å². The molecule has 0 aliphatic heterocycles. The zero-order valence-corrected chi connectivity index (χ0v) is 34.3. The molecule has 0 radical (unpaired) electrons. The second-order valence-electron chi connectivity index (χ2n) is 15.4. The maximum Gasteiger partial charge on any atom is 0.306 e. The Morgan fingerprint density at radius 2 is 0.860 bits per heavy atom. The van der Waals surface area contributed by atoms with E-state index in [0.717, 1.165) is 90.4 Å². The van der Waals surface area contributed by atoms with Gasteiger partial charge in [-0.15, -0.1) is 0 Å². The number of rotatable bonds is 40. The fourth-order valence-corrected chi connectivity index (χ4v) is 7.01. The highest BCUT2D eigenvalue weighted by molar-refractivity contribution is 5.75. The molecule has 0 aromatic heterocycles. The summed E-state index contributed by atoms with van der Waals surface area (Å²) in [6, 6.07) is 0. The van der Waals surface area contributed by atoms with Crippen LogP contribution in [-0.4, -0.2) is 72.7 Å². The van der Waals surface area contributed by atoms with Gasteiger partial charge in [0.25, 0.3) is 0 Å². The predicted octanol–water partition coefficient (Wildman–Crippen LogP) is 12.2. The Morgan fingerprint density at radius 1 is 0.480 bits per heavy atom. The van der Waals surface area contributed by atoms with Crippen molar-refractivity contribution in [3.8, 4) is 0 Å². The van der Waals surface area contributed by atoms with Gasteiger partial charge in [-0.2, -0.15) is 0 Å². The molecule has 0 rings (SSSR count). The van der Waals surface area contributed by atoms with Gasteiger partial charge in [0.1, 0.15) is 6.10 Å². The molecule has 0 fully saturated rings. The summed E-state index contributed by atoms with van der Waals surface area (Å²) in [6.45, 7) is 10.7. The highest BCUT2D eigenvalue weighted by Crippen LogP contribution is 2.18. The van der Waals surface area contributed by atoms with Crippen LogP contribution in [0.5, 0.6) is 0 Å². The summed E-state index contributed by atoms with van der Waals surface area (Å²) >= 11 is 0. The lowest BCUT2D eigenvalue weighted by Gasteiger charge is -2.21. The molecular weight excluding hydrogens is 620 g/mol. The van der Waals surface area contributed by atoms with E-state index in [1.165, 1.54) is 128 Å². The molecule has 50 heavy (non-hydrogen) atoms. The molecule has 0 aromatic rings. The molecule has 0 bridgehead atoms. The van der Waals surface area contributed by atoms with E-state index in [2.05, 4.69) is 25.7 Å². The number of aliphatic hydroxyl groups is 1. The van der Waals surface area contributed by atoms with Gasteiger partial charge in [-0.1, -0.05) is 156 Å². The lowest BCUT2D eigenvalue weighted by molar-refractivity contribution is -0.150. The number of unbranched alkanes of at least 4 members (excludes halogenated alkanes) is 23. The van der Waals surface area contributed by atoms with Gasteiger partial charge in [-0.3, -0.25) is 9.59 Å². The lowest BCUT2D eigenvalue weighted by Crippen LogP contribution is -2.29. The number of hydrogen-bond acceptors (Lipinski definition) is 5. The highest BCUT2D eigenvalue weighted by atomic mass is 16.5. The quantitative estimate of drug-likeness (QED) is 0.0507. The molecule has 0 aromatic carbocycles. The van der Waals surface area contributed by atoms with Crippen LogP contribution in [-0.2, 0) is 14.3 Å². The smallest absolute Gasteiger partial charge is 0.306 e. The van der Waals surface area contributed by atoms with Crippen LogP contribution in [0.4, 0.5) is 0 Å². The lowest BCUT2D eigenvalue weighted by atomic mass is 10.0. The first-order valence-electron chi connectivity index (χ1n) is 22.2. The topological polar surface area (TPSA) is 70.1 Å². The molecule has 0 aliphatic carbocycles. The van der Waals surface area contributed by atoms with Crippen LogP contribution in [0.15, 0.2) is 0 Å². The number of esters is 1. The SMILES string of the molecule is CCCCCCCCC(CCCCCCCC)OC(=O)CCCCCCCN(CCO)CCCCCCCC(=O)N(C)CCCCCCCC. The summed E-state index contributed by atoms with van der Waals surface area (Å²) in [5.41, 5.74) is 0. The van der Waals surface area contributed by atoms with Crippen molar-refractivity contribution in [1.82, 2.24) is 9.80 Å². The zero-order chi connectivity index (χ0) is 36.8. The maximum atomic E-state index is 12.7. The first-order valence-corrected chi connectivity index (χ1v) is 22.2. The van der Waals surface area contributed by atoms with E-state index < -0.39 is 0 Å². The number of carbonyl (C=O) groups excluding carboxylic acids is 2. The number of amides is 1. The van der Waals surface area contributed by atoms with Gasteiger partial charge in [0.15, 0.2) is 0 Å². The van der Waals surface area contributed by atoms with Crippen molar-refractivity contribution < 1.29 is 19.4 Å². The summed E-state index contributed by atoms with van der Waals surface area (Å²) in [7, 11) is 1.96. The van der Waals surface area contributed by atoms with Crippen molar-refractivity contribution in [1.29, 1.82) is 0 Å². The van der Waals surface area contributed by atoms with Crippen LogP contribution in [0.3, 0.4) is 0 Å². The van der Waals surface area contributed by atoms with Crippen LogP contribution >= 0.6 is 0 Å². The molecule has 0 unspecified atom stereocenters. The molecule has 0 aliphatic rings. The number of carbonyl (C=O) groups is 2. The number of nitrogens with zero attached hydrogens (tertiary/aromatic N) is 2. The average molecular weight is 709 g/mol. The molecule has 0 atom stereocenters. The van der Waals surface area contributed by atoms with E-state index >= 15 is 0 Å². The highest BCUT2D eigenvalue weighted by Gasteiger charge is 2.14. The third-order valence-electron chi connectivity index (χ3n) is 10.5. The summed E-state index contributed by atoms with van der Waals surface area (Å²) in [5, 5.41) is 9.56. The first kappa shape index (κ1) is 48.9. The minimum atomic E-state index is 0.0171. The predicted molar refractivity (Wildman–Crippen MR) is 216 cm³/mol. The molecule has 0 saturated heterocycles. The van der Waals surface area contributed by atoms with Crippen LogP contribution in [0.2, 0.25) is 0 Å². The molecule has 1 amide bonds. The van der Waals surface area contributed by atoms with Gasteiger partial charge in [0.2, 0.25) is 5.91 Å². The van der Waals surface area contributed by atoms with E-state index in [9.17, 15) is 14.7 Å². The molecule has 298 valence electrons. The second-order valence-corrected chi connectivity index (χ2v) is 15.4. The Morgan fingerprint density at radius 3 is 1.32 bits per heavy atom. The fraction of sp³-hybridized carbons (Fsp3) is 0.955. The number of ether oxygens (including phenoxy) is 1. The largest absolute Gasteiger partial charge is 0.462 e. The van der Waals surface area contributed by atoms with Crippen molar-refractivity contribution >= 4 is 11.9 Å². The third-order valence-corrected chi connectivity index (χ3v) is 10.5. The summed E-state index contributed by atoms with van der Waals surface area (Å²) in [5.74, 6) is 0.322. The minimum absolute atomic E-state index is 0.0171. The monoisotopic (exact) mass is 709 g/mol. The van der Waals surface area contributed by atoms with Gasteiger partial charge in [-0.05, 0) is 70.9 Å². The van der Waals surface area contributed by atoms with Gasteiger partial charge < -0.3 is 19.6 Å². The van der Waals surface area contributed by atoms with Crippen LogP contribution in [0.25, 0.3) is 0 Å². The molecule has 0 saturated carbocycles. The molecule has 0 heterocycles. The van der Waals surface area contributed by atoms with Gasteiger partial charge in [-0.25, -0.2) is 0 Å². The van der Waals surface area contributed by atoms with E-state index in [1.807, 2.05) is 11.9 Å². The Kier molecular flexibility index (Phi) is 38.2. The number of aliphatic hydroxyl groups excluding tert-OH is 1. The van der Waals surface area contributed by atoms with E-state index in [4.69, 9.17) is 4.74 Å². The molecular formula is C44H88N2O4. The zero-order valence-electron chi connectivity index (χ0n) is 34.3. The molecule has 6 nitrogen and oxygen atoms in total. The van der Waals surface area contributed by atoms with E-state index in [-0.39, 0.29) is 18.7 Å². The molecule has 1 N–H and O–H groups in total. The summed E-state index contributed by atoms with van der Waals surface area (Å²) in [4.78, 5) is 29.4. The minimum Gasteiger partial charge on any atom is -0.462 e. The number of hydrogen-bond donors (Lipinski definition) is 1. The van der Waals surface area contributed by atoms with Crippen molar-refractivity contribution in [3.05, 3.63) is 0 Å². The van der Waals surface area contributed by atoms with Crippen LogP contribution < -0.4 is 0 Å². The average Bonchev–Trinajstić information content (AvgIpc) is 3.11. The molecule has 6 heteroatoms. The van der Waals surface area contributed by atoms with Crippen molar-refractivity contribution in [3.63, 3.8) is 0 Å². The van der Waals surface area contributed by atoms with Crippen molar-refractivity contribution in [2.24, 2.45) is 0 Å². The van der Waals surface area contributed by atoms with Gasteiger partial charge in [0, 0.05) is 33.0 Å². The Labute approximate surface area is 312 Å². The first-order chi connectivity index (χ1) is 24.5. The summed E-state index contributed by atoms with van der Waals surface area (Å²) in [6.07, 6.45) is 37.6. The maximum absolute atomic E-state index is 12.7. The molecule has 0 spiro atoms. The van der Waals surface area contributed by atoms with Crippen LogP contribution in [0, 0.1) is 0 Å². The van der Waals surface area contributed by atoms with Gasteiger partial charge >= 0.3 is 5.97 Å². The van der Waals surface area contributed by atoms with Crippen molar-refractivity contribution in [2.45, 2.75) is 232 Å². The van der Waals surface area contributed by atoms with Gasteiger partial charge in [0.05, 0.1) is 6.61 Å². The third kappa shape index (κ3) is 34.0.